The fraction of sp³-hybridized carbons (Fsp3) is 0.400. The molecule has 1 fully saturated rings. The molecule has 0 unspecified atom stereocenters. The van der Waals surface area contributed by atoms with E-state index in [-0.39, 0.29) is 11.8 Å². The Labute approximate surface area is 123 Å². The van der Waals surface area contributed by atoms with Gasteiger partial charge in [-0.2, -0.15) is 4.98 Å². The van der Waals surface area contributed by atoms with Crippen molar-refractivity contribution in [2.45, 2.75) is 12.8 Å². The van der Waals surface area contributed by atoms with Crippen molar-refractivity contribution in [3.8, 4) is 0 Å². The Bertz CT molecular complexity index is 664. The van der Waals surface area contributed by atoms with Crippen LogP contribution in [0.15, 0.2) is 24.3 Å². The first-order valence-corrected chi connectivity index (χ1v) is 7.18. The normalized spacial score (nSPS) is 16.1. The van der Waals surface area contributed by atoms with Gasteiger partial charge in [0.1, 0.15) is 5.82 Å². The van der Waals surface area contributed by atoms with E-state index < -0.39 is 0 Å². The van der Waals surface area contributed by atoms with Crippen molar-refractivity contribution >= 4 is 28.6 Å². The number of hydrogen-bond acceptors (Lipinski definition) is 5. The minimum Gasteiger partial charge on any atom is -0.369 e. The van der Waals surface area contributed by atoms with E-state index in [1.807, 2.05) is 31.3 Å². The van der Waals surface area contributed by atoms with E-state index in [2.05, 4.69) is 20.2 Å². The molecule has 0 bridgehead atoms. The molecule has 1 aliphatic heterocycles. The van der Waals surface area contributed by atoms with Crippen LogP contribution in [0.1, 0.15) is 12.8 Å². The highest BCUT2D eigenvalue weighted by molar-refractivity contribution is 5.90. The number of aromatic nitrogens is 2. The molecule has 0 spiro atoms. The lowest BCUT2D eigenvalue weighted by Gasteiger charge is -2.32. The summed E-state index contributed by atoms with van der Waals surface area (Å²) in [5.41, 5.74) is 6.31. The highest BCUT2D eigenvalue weighted by Crippen LogP contribution is 2.28. The first kappa shape index (κ1) is 13.6. The van der Waals surface area contributed by atoms with Crippen LogP contribution in [0.5, 0.6) is 0 Å². The average Bonchev–Trinajstić information content (AvgIpc) is 2.53. The van der Waals surface area contributed by atoms with E-state index in [4.69, 9.17) is 5.73 Å². The second-order valence-electron chi connectivity index (χ2n) is 5.30. The van der Waals surface area contributed by atoms with E-state index in [0.717, 1.165) is 42.7 Å². The molecule has 1 aromatic carbocycles. The average molecular weight is 285 g/mol. The van der Waals surface area contributed by atoms with Gasteiger partial charge in [0.25, 0.3) is 0 Å². The lowest BCUT2D eigenvalue weighted by atomic mass is 9.96. The Morgan fingerprint density at radius 2 is 2.00 bits per heavy atom. The molecule has 0 radical (unpaired) electrons. The molecular weight excluding hydrogens is 266 g/mol. The van der Waals surface area contributed by atoms with E-state index >= 15 is 0 Å². The van der Waals surface area contributed by atoms with Crippen LogP contribution in [0, 0.1) is 5.92 Å². The number of piperidine rings is 1. The second-order valence-corrected chi connectivity index (χ2v) is 5.30. The first-order valence-electron chi connectivity index (χ1n) is 7.18. The molecule has 0 aliphatic carbocycles. The number of primary amides is 1. The van der Waals surface area contributed by atoms with Gasteiger partial charge in [0, 0.05) is 31.4 Å². The number of fused-ring (bicyclic) bond motifs is 1. The summed E-state index contributed by atoms with van der Waals surface area (Å²) < 4.78 is 0. The van der Waals surface area contributed by atoms with Crippen LogP contribution in [0.4, 0.5) is 11.8 Å². The van der Waals surface area contributed by atoms with Gasteiger partial charge >= 0.3 is 0 Å². The lowest BCUT2D eigenvalue weighted by molar-refractivity contribution is -0.122. The molecule has 3 rings (SSSR count). The maximum absolute atomic E-state index is 11.3. The number of carbonyl (C=O) groups is 1. The quantitative estimate of drug-likeness (QED) is 0.890. The van der Waals surface area contributed by atoms with E-state index in [9.17, 15) is 4.79 Å². The summed E-state index contributed by atoms with van der Waals surface area (Å²) in [5, 5.41) is 4.04. The van der Waals surface area contributed by atoms with Crippen molar-refractivity contribution in [2.24, 2.45) is 11.7 Å². The summed E-state index contributed by atoms with van der Waals surface area (Å²) in [7, 11) is 1.81. The van der Waals surface area contributed by atoms with Gasteiger partial charge in [-0.15, -0.1) is 0 Å². The maximum atomic E-state index is 11.3. The Hall–Kier alpha value is -2.37. The first-order chi connectivity index (χ1) is 10.2. The standard InChI is InChI=1S/C15H19N5O/c1-17-15-18-12-5-3-2-4-11(12)14(19-15)20-8-6-10(7-9-20)13(16)21/h2-5,10H,6-9H2,1H3,(H2,16,21)(H,17,18,19). The molecule has 6 nitrogen and oxygen atoms in total. The summed E-state index contributed by atoms with van der Waals surface area (Å²) in [4.78, 5) is 22.6. The highest BCUT2D eigenvalue weighted by atomic mass is 16.1. The molecule has 0 atom stereocenters. The topological polar surface area (TPSA) is 84.1 Å². The van der Waals surface area contributed by atoms with Crippen LogP contribution in [0.2, 0.25) is 0 Å². The van der Waals surface area contributed by atoms with Crippen molar-refractivity contribution in [1.29, 1.82) is 0 Å². The molecule has 6 heteroatoms. The summed E-state index contributed by atoms with van der Waals surface area (Å²) >= 11 is 0. The van der Waals surface area contributed by atoms with E-state index in [1.165, 1.54) is 0 Å². The molecule has 21 heavy (non-hydrogen) atoms. The smallest absolute Gasteiger partial charge is 0.224 e. The van der Waals surface area contributed by atoms with Crippen molar-refractivity contribution in [2.75, 3.05) is 30.4 Å². The molecule has 3 N–H and O–H groups in total. The predicted molar refractivity (Wildman–Crippen MR) is 83.2 cm³/mol. The Morgan fingerprint density at radius 3 is 2.67 bits per heavy atom. The van der Waals surface area contributed by atoms with Gasteiger partial charge in [-0.3, -0.25) is 4.79 Å². The van der Waals surface area contributed by atoms with Crippen molar-refractivity contribution in [3.05, 3.63) is 24.3 Å². The molecule has 2 aromatic rings. The third-order valence-corrected chi connectivity index (χ3v) is 4.00. The zero-order valence-corrected chi connectivity index (χ0v) is 12.0. The predicted octanol–water partition coefficient (Wildman–Crippen LogP) is 1.37. The van der Waals surface area contributed by atoms with Crippen molar-refractivity contribution < 1.29 is 4.79 Å². The second kappa shape index (κ2) is 5.55. The summed E-state index contributed by atoms with van der Waals surface area (Å²) in [6.07, 6.45) is 1.56. The van der Waals surface area contributed by atoms with E-state index in [0.29, 0.717) is 5.95 Å². The van der Waals surface area contributed by atoms with Crippen LogP contribution in [0.25, 0.3) is 10.9 Å². The summed E-state index contributed by atoms with van der Waals surface area (Å²) in [6.45, 7) is 1.58. The Morgan fingerprint density at radius 1 is 1.29 bits per heavy atom. The summed E-state index contributed by atoms with van der Waals surface area (Å²) in [5.74, 6) is 1.32. The maximum Gasteiger partial charge on any atom is 0.224 e. The third kappa shape index (κ3) is 2.61. The van der Waals surface area contributed by atoms with Gasteiger partial charge in [0.05, 0.1) is 5.52 Å². The zero-order chi connectivity index (χ0) is 14.8. The molecule has 1 aromatic heterocycles. The third-order valence-electron chi connectivity index (χ3n) is 4.00. The molecule has 1 aliphatic rings. The zero-order valence-electron chi connectivity index (χ0n) is 12.0. The molecular formula is C15H19N5O. The number of benzene rings is 1. The molecule has 0 saturated carbocycles. The molecule has 1 amide bonds. The number of hydrogen-bond donors (Lipinski definition) is 2. The number of nitrogens with two attached hydrogens (primary N) is 1. The monoisotopic (exact) mass is 285 g/mol. The van der Waals surface area contributed by atoms with Crippen LogP contribution >= 0.6 is 0 Å². The van der Waals surface area contributed by atoms with Crippen molar-refractivity contribution in [3.63, 3.8) is 0 Å². The SMILES string of the molecule is CNc1nc(N2CCC(C(N)=O)CC2)c2ccccc2n1. The molecule has 110 valence electrons. The number of carbonyl (C=O) groups excluding carboxylic acids is 1. The number of nitrogens with zero attached hydrogens (tertiary/aromatic N) is 3. The lowest BCUT2D eigenvalue weighted by Crippen LogP contribution is -2.39. The minimum atomic E-state index is -0.196. The Kier molecular flexibility index (Phi) is 3.60. The fourth-order valence-corrected chi connectivity index (χ4v) is 2.79. The van der Waals surface area contributed by atoms with Gasteiger partial charge in [0.15, 0.2) is 0 Å². The van der Waals surface area contributed by atoms with Gasteiger partial charge in [-0.1, -0.05) is 12.1 Å². The van der Waals surface area contributed by atoms with E-state index in [1.54, 1.807) is 0 Å². The van der Waals surface area contributed by atoms with Crippen LogP contribution in [-0.4, -0.2) is 36.0 Å². The number of para-hydroxylation sites is 1. The molecule has 1 saturated heterocycles. The van der Waals surface area contributed by atoms with Gasteiger partial charge in [-0.05, 0) is 25.0 Å². The largest absolute Gasteiger partial charge is 0.369 e. The molecule has 2 heterocycles. The van der Waals surface area contributed by atoms with Crippen LogP contribution < -0.4 is 16.0 Å². The highest BCUT2D eigenvalue weighted by Gasteiger charge is 2.25. The minimum absolute atomic E-state index is 0.0156. The fourth-order valence-electron chi connectivity index (χ4n) is 2.79. The van der Waals surface area contributed by atoms with Crippen molar-refractivity contribution in [1.82, 2.24) is 9.97 Å². The van der Waals surface area contributed by atoms with Gasteiger partial charge < -0.3 is 16.0 Å². The Balaban J connectivity index is 1.95. The van der Waals surface area contributed by atoms with Gasteiger partial charge in [-0.25, -0.2) is 4.98 Å². The number of amides is 1. The number of rotatable bonds is 3. The summed E-state index contributed by atoms with van der Waals surface area (Å²) in [6, 6.07) is 7.98. The number of anilines is 2. The van der Waals surface area contributed by atoms with Crippen LogP contribution in [-0.2, 0) is 4.79 Å². The van der Waals surface area contributed by atoms with Gasteiger partial charge in [0.2, 0.25) is 11.9 Å². The number of nitrogens with one attached hydrogen (secondary N) is 1. The van der Waals surface area contributed by atoms with Crippen LogP contribution in [0.3, 0.4) is 0 Å².